The van der Waals surface area contributed by atoms with E-state index in [4.69, 9.17) is 0 Å². The minimum Gasteiger partial charge on any atom is -0.330 e. The Morgan fingerprint density at radius 3 is 2.72 bits per heavy atom. The molecule has 1 aliphatic rings. The molecule has 0 aliphatic heterocycles. The van der Waals surface area contributed by atoms with E-state index in [1.165, 1.54) is 25.0 Å². The summed E-state index contributed by atoms with van der Waals surface area (Å²) >= 11 is 0. The van der Waals surface area contributed by atoms with Gasteiger partial charge in [0.25, 0.3) is 0 Å². The van der Waals surface area contributed by atoms with Crippen LogP contribution >= 0.6 is 0 Å². The fourth-order valence-electron chi connectivity index (χ4n) is 3.13. The van der Waals surface area contributed by atoms with Crippen molar-refractivity contribution < 1.29 is 0 Å². The summed E-state index contributed by atoms with van der Waals surface area (Å²) in [6.07, 6.45) is 8.04. The van der Waals surface area contributed by atoms with Gasteiger partial charge in [0.1, 0.15) is 0 Å². The quantitative estimate of drug-likeness (QED) is 0.890. The molecule has 3 heteroatoms. The first kappa shape index (κ1) is 13.6. The van der Waals surface area contributed by atoms with Crippen LogP contribution in [0.3, 0.4) is 0 Å². The third-order valence-corrected chi connectivity index (χ3v) is 4.95. The lowest BCUT2D eigenvalue weighted by atomic mass is 9.77. The number of aromatic nitrogens is 2. The van der Waals surface area contributed by atoms with Crippen LogP contribution in [0.5, 0.6) is 0 Å². The molecule has 1 N–H and O–H groups in total. The average molecular weight is 249 g/mol. The van der Waals surface area contributed by atoms with Gasteiger partial charge in [0, 0.05) is 6.04 Å². The first-order valence-corrected chi connectivity index (χ1v) is 7.18. The molecule has 1 saturated carbocycles. The molecule has 0 radical (unpaired) electrons. The van der Waals surface area contributed by atoms with Crippen LogP contribution in [0.25, 0.3) is 0 Å². The van der Waals surface area contributed by atoms with E-state index in [0.29, 0.717) is 6.04 Å². The van der Waals surface area contributed by atoms with Gasteiger partial charge in [-0.2, -0.15) is 0 Å². The smallest absolute Gasteiger partial charge is 0.0951 e. The van der Waals surface area contributed by atoms with E-state index in [0.717, 1.165) is 11.8 Å². The second-order valence-corrected chi connectivity index (χ2v) is 6.40. The Labute approximate surface area is 111 Å². The van der Waals surface area contributed by atoms with Crippen LogP contribution in [0.2, 0.25) is 0 Å². The highest BCUT2D eigenvalue weighted by Gasteiger charge is 2.32. The molecule has 18 heavy (non-hydrogen) atoms. The molecule has 0 bridgehead atoms. The van der Waals surface area contributed by atoms with Crippen molar-refractivity contribution in [1.29, 1.82) is 0 Å². The van der Waals surface area contributed by atoms with Gasteiger partial charge in [0.15, 0.2) is 0 Å². The molecule has 0 aromatic carbocycles. The summed E-state index contributed by atoms with van der Waals surface area (Å²) in [6.45, 7) is 9.22. The molecule has 3 atom stereocenters. The van der Waals surface area contributed by atoms with Gasteiger partial charge in [-0.3, -0.25) is 0 Å². The molecule has 3 unspecified atom stereocenters. The summed E-state index contributed by atoms with van der Waals surface area (Å²) in [4.78, 5) is 4.39. The molecular weight excluding hydrogens is 222 g/mol. The highest BCUT2D eigenvalue weighted by atomic mass is 15.1. The van der Waals surface area contributed by atoms with Gasteiger partial charge in [-0.25, -0.2) is 4.98 Å². The molecule has 1 fully saturated rings. The number of nitrogens with zero attached hydrogens (tertiary/aromatic N) is 2. The minimum atomic E-state index is -0.0170. The van der Waals surface area contributed by atoms with Gasteiger partial charge >= 0.3 is 0 Å². The van der Waals surface area contributed by atoms with E-state index >= 15 is 0 Å². The van der Waals surface area contributed by atoms with Gasteiger partial charge < -0.3 is 9.88 Å². The molecule has 3 nitrogen and oxygen atoms in total. The maximum Gasteiger partial charge on any atom is 0.0951 e. The van der Waals surface area contributed by atoms with Crippen molar-refractivity contribution in [2.75, 3.05) is 7.05 Å². The first-order chi connectivity index (χ1) is 8.47. The highest BCUT2D eigenvalue weighted by molar-refractivity contribution is 5.12. The summed E-state index contributed by atoms with van der Waals surface area (Å²) < 4.78 is 2.41. The van der Waals surface area contributed by atoms with Crippen molar-refractivity contribution in [2.45, 2.75) is 58.5 Å². The zero-order valence-electron chi connectivity index (χ0n) is 12.4. The monoisotopic (exact) mass is 249 g/mol. The SMILES string of the molecule is CNC(C)(C)c1cncn1C1CCCC(C)C1C. The second kappa shape index (κ2) is 5.04. The van der Waals surface area contributed by atoms with Crippen LogP contribution in [0.4, 0.5) is 0 Å². The van der Waals surface area contributed by atoms with Crippen molar-refractivity contribution in [3.8, 4) is 0 Å². The van der Waals surface area contributed by atoms with E-state index in [2.05, 4.69) is 42.6 Å². The number of hydrogen-bond acceptors (Lipinski definition) is 2. The van der Waals surface area contributed by atoms with Crippen LogP contribution in [-0.4, -0.2) is 16.6 Å². The molecule has 1 aliphatic carbocycles. The minimum absolute atomic E-state index is 0.0170. The number of rotatable bonds is 3. The van der Waals surface area contributed by atoms with E-state index in [1.807, 2.05) is 19.6 Å². The van der Waals surface area contributed by atoms with Crippen molar-refractivity contribution >= 4 is 0 Å². The molecule has 0 amide bonds. The average Bonchev–Trinajstić information content (AvgIpc) is 2.82. The van der Waals surface area contributed by atoms with Crippen LogP contribution in [0.15, 0.2) is 12.5 Å². The maximum atomic E-state index is 4.39. The third-order valence-electron chi connectivity index (χ3n) is 4.95. The predicted molar refractivity (Wildman–Crippen MR) is 75.5 cm³/mol. The van der Waals surface area contributed by atoms with E-state index in [-0.39, 0.29) is 5.54 Å². The van der Waals surface area contributed by atoms with Gasteiger partial charge in [-0.15, -0.1) is 0 Å². The second-order valence-electron chi connectivity index (χ2n) is 6.40. The van der Waals surface area contributed by atoms with Gasteiger partial charge in [0.05, 0.1) is 23.8 Å². The third kappa shape index (κ3) is 2.33. The van der Waals surface area contributed by atoms with Crippen molar-refractivity contribution in [2.24, 2.45) is 11.8 Å². The molecule has 2 rings (SSSR count). The van der Waals surface area contributed by atoms with E-state index in [9.17, 15) is 0 Å². The number of hydrogen-bond donors (Lipinski definition) is 1. The summed E-state index contributed by atoms with van der Waals surface area (Å²) in [5, 5.41) is 3.39. The Morgan fingerprint density at radius 1 is 1.33 bits per heavy atom. The lowest BCUT2D eigenvalue weighted by Gasteiger charge is -2.38. The Kier molecular flexibility index (Phi) is 3.81. The number of nitrogens with one attached hydrogen (secondary N) is 1. The Balaban J connectivity index is 2.31. The fourth-order valence-corrected chi connectivity index (χ4v) is 3.13. The largest absolute Gasteiger partial charge is 0.330 e. The molecule has 0 saturated heterocycles. The molecular formula is C15H27N3. The molecule has 1 aromatic rings. The maximum absolute atomic E-state index is 4.39. The van der Waals surface area contributed by atoms with Crippen molar-refractivity contribution in [1.82, 2.24) is 14.9 Å². The lowest BCUT2D eigenvalue weighted by molar-refractivity contribution is 0.178. The number of imidazole rings is 1. The topological polar surface area (TPSA) is 29.9 Å². The Morgan fingerprint density at radius 2 is 2.06 bits per heavy atom. The van der Waals surface area contributed by atoms with Gasteiger partial charge in [-0.1, -0.05) is 26.7 Å². The van der Waals surface area contributed by atoms with E-state index in [1.54, 1.807) is 0 Å². The Bertz CT molecular complexity index is 394. The Hall–Kier alpha value is -0.830. The van der Waals surface area contributed by atoms with Crippen LogP contribution in [0.1, 0.15) is 58.7 Å². The van der Waals surface area contributed by atoms with Crippen LogP contribution in [0, 0.1) is 11.8 Å². The summed E-state index contributed by atoms with van der Waals surface area (Å²) in [6, 6.07) is 0.610. The molecule has 1 aromatic heterocycles. The predicted octanol–water partition coefficient (Wildman–Crippen LogP) is 3.33. The summed E-state index contributed by atoms with van der Waals surface area (Å²) in [7, 11) is 2.02. The van der Waals surface area contributed by atoms with Crippen molar-refractivity contribution in [3.05, 3.63) is 18.2 Å². The van der Waals surface area contributed by atoms with Crippen LogP contribution < -0.4 is 5.32 Å². The zero-order valence-corrected chi connectivity index (χ0v) is 12.4. The molecule has 1 heterocycles. The lowest BCUT2D eigenvalue weighted by Crippen LogP contribution is -2.38. The summed E-state index contributed by atoms with van der Waals surface area (Å²) in [5.74, 6) is 1.55. The standard InChI is InChI=1S/C15H27N3/c1-11-7-6-8-13(12(11)2)18-10-17-9-14(18)15(3,4)16-5/h9-13,16H,6-8H2,1-5H3. The molecule has 0 spiro atoms. The van der Waals surface area contributed by atoms with Gasteiger partial charge in [0.2, 0.25) is 0 Å². The van der Waals surface area contributed by atoms with Crippen LogP contribution in [-0.2, 0) is 5.54 Å². The fraction of sp³-hybridized carbons (Fsp3) is 0.800. The first-order valence-electron chi connectivity index (χ1n) is 7.18. The molecule has 102 valence electrons. The van der Waals surface area contributed by atoms with E-state index < -0.39 is 0 Å². The van der Waals surface area contributed by atoms with Gasteiger partial charge in [-0.05, 0) is 39.2 Å². The highest BCUT2D eigenvalue weighted by Crippen LogP contribution is 2.39. The zero-order chi connectivity index (χ0) is 13.3. The van der Waals surface area contributed by atoms with Crippen molar-refractivity contribution in [3.63, 3.8) is 0 Å². The summed E-state index contributed by atoms with van der Waals surface area (Å²) in [5.41, 5.74) is 1.28. The normalized spacial score (nSPS) is 29.5.